The lowest BCUT2D eigenvalue weighted by Crippen LogP contribution is -2.44. The molecule has 5 nitrogen and oxygen atoms in total. The summed E-state index contributed by atoms with van der Waals surface area (Å²) < 4.78 is 5.31. The van der Waals surface area contributed by atoms with Crippen molar-refractivity contribution < 1.29 is 9.53 Å². The quantitative estimate of drug-likeness (QED) is 0.928. The summed E-state index contributed by atoms with van der Waals surface area (Å²) in [5.74, 6) is 0.144. The van der Waals surface area contributed by atoms with Gasteiger partial charge in [0.15, 0.2) is 0 Å². The van der Waals surface area contributed by atoms with Crippen molar-refractivity contribution in [3.05, 3.63) is 15.6 Å². The standard InChI is InChI=1S/C16H25N3O2S/c1-11-13(22-14(18-11)12(2)21-3)15(20)19-8-5-16(6-9-19)4-7-17-10-16/h12,17H,4-10H2,1-3H3. The molecule has 2 fully saturated rings. The highest BCUT2D eigenvalue weighted by Gasteiger charge is 2.38. The largest absolute Gasteiger partial charge is 0.375 e. The Balaban J connectivity index is 1.68. The van der Waals surface area contributed by atoms with Crippen LogP contribution in [0.15, 0.2) is 0 Å². The Labute approximate surface area is 136 Å². The molecule has 0 radical (unpaired) electrons. The van der Waals surface area contributed by atoms with E-state index in [-0.39, 0.29) is 12.0 Å². The van der Waals surface area contributed by atoms with Crippen LogP contribution in [0.25, 0.3) is 0 Å². The number of methoxy groups -OCH3 is 1. The van der Waals surface area contributed by atoms with Gasteiger partial charge in [0.25, 0.3) is 5.91 Å². The number of nitrogens with zero attached hydrogens (tertiary/aromatic N) is 2. The van der Waals surface area contributed by atoms with Crippen molar-refractivity contribution in [1.82, 2.24) is 15.2 Å². The number of amides is 1. The van der Waals surface area contributed by atoms with E-state index in [4.69, 9.17) is 4.74 Å². The molecule has 3 rings (SSSR count). The molecule has 0 aliphatic carbocycles. The Bertz CT molecular complexity index is 542. The molecule has 22 heavy (non-hydrogen) atoms. The summed E-state index contributed by atoms with van der Waals surface area (Å²) in [7, 11) is 1.67. The second-order valence-corrected chi connectivity index (χ2v) is 7.59. The molecule has 2 aliphatic heterocycles. The summed E-state index contributed by atoms with van der Waals surface area (Å²) in [4.78, 5) is 20.1. The molecule has 1 spiro atoms. The van der Waals surface area contributed by atoms with Gasteiger partial charge in [-0.3, -0.25) is 4.79 Å². The van der Waals surface area contributed by atoms with E-state index in [0.717, 1.165) is 54.6 Å². The van der Waals surface area contributed by atoms with Crippen LogP contribution < -0.4 is 5.32 Å². The second kappa shape index (κ2) is 6.26. The van der Waals surface area contributed by atoms with E-state index in [0.29, 0.717) is 5.41 Å². The molecule has 2 aliphatic rings. The van der Waals surface area contributed by atoms with Crippen LogP contribution >= 0.6 is 11.3 Å². The average molecular weight is 323 g/mol. The fourth-order valence-corrected chi connectivity index (χ4v) is 4.50. The van der Waals surface area contributed by atoms with Crippen LogP contribution in [0, 0.1) is 12.3 Å². The molecule has 1 aromatic heterocycles. The topological polar surface area (TPSA) is 54.5 Å². The third-order valence-corrected chi connectivity index (χ3v) is 6.46. The number of rotatable bonds is 3. The zero-order valence-corrected chi connectivity index (χ0v) is 14.5. The van der Waals surface area contributed by atoms with E-state index in [2.05, 4.69) is 10.3 Å². The summed E-state index contributed by atoms with van der Waals surface area (Å²) in [6.07, 6.45) is 3.43. The molecule has 2 saturated heterocycles. The number of carbonyl (C=O) groups excluding carboxylic acids is 1. The first-order valence-corrected chi connectivity index (χ1v) is 8.86. The van der Waals surface area contributed by atoms with Crippen molar-refractivity contribution in [2.75, 3.05) is 33.3 Å². The van der Waals surface area contributed by atoms with Crippen molar-refractivity contribution in [2.45, 2.75) is 39.2 Å². The van der Waals surface area contributed by atoms with E-state index in [1.54, 1.807) is 7.11 Å². The molecular formula is C16H25N3O2S. The van der Waals surface area contributed by atoms with Crippen LogP contribution in [0.1, 0.15) is 52.7 Å². The van der Waals surface area contributed by atoms with Gasteiger partial charge >= 0.3 is 0 Å². The molecule has 1 aromatic rings. The molecule has 0 bridgehead atoms. The van der Waals surface area contributed by atoms with Crippen LogP contribution in [-0.2, 0) is 4.74 Å². The summed E-state index contributed by atoms with van der Waals surface area (Å²) >= 11 is 1.48. The van der Waals surface area contributed by atoms with Crippen LogP contribution in [-0.4, -0.2) is 49.1 Å². The number of hydrogen-bond acceptors (Lipinski definition) is 5. The van der Waals surface area contributed by atoms with Gasteiger partial charge in [0.05, 0.1) is 5.69 Å². The maximum absolute atomic E-state index is 12.8. The third-order valence-electron chi connectivity index (χ3n) is 5.15. The monoisotopic (exact) mass is 323 g/mol. The maximum atomic E-state index is 12.8. The predicted molar refractivity (Wildman–Crippen MR) is 87.3 cm³/mol. The van der Waals surface area contributed by atoms with E-state index in [1.807, 2.05) is 18.7 Å². The number of likely N-dealkylation sites (tertiary alicyclic amines) is 1. The first-order chi connectivity index (χ1) is 10.5. The lowest BCUT2D eigenvalue weighted by molar-refractivity contribution is 0.0611. The molecule has 0 saturated carbocycles. The van der Waals surface area contributed by atoms with Crippen LogP contribution in [0.2, 0.25) is 0 Å². The molecule has 0 aromatic carbocycles. The smallest absolute Gasteiger partial charge is 0.265 e. The molecule has 1 atom stereocenters. The van der Waals surface area contributed by atoms with Gasteiger partial charge in [-0.25, -0.2) is 4.98 Å². The molecule has 6 heteroatoms. The molecular weight excluding hydrogens is 298 g/mol. The van der Waals surface area contributed by atoms with E-state index in [1.165, 1.54) is 17.8 Å². The van der Waals surface area contributed by atoms with Gasteiger partial charge in [-0.2, -0.15) is 0 Å². The molecule has 1 unspecified atom stereocenters. The summed E-state index contributed by atoms with van der Waals surface area (Å²) in [5, 5.41) is 4.35. The number of nitrogens with one attached hydrogen (secondary N) is 1. The maximum Gasteiger partial charge on any atom is 0.265 e. The van der Waals surface area contributed by atoms with Crippen molar-refractivity contribution >= 4 is 17.2 Å². The van der Waals surface area contributed by atoms with Gasteiger partial charge < -0.3 is 15.0 Å². The van der Waals surface area contributed by atoms with Crippen molar-refractivity contribution in [2.24, 2.45) is 5.41 Å². The number of aryl methyl sites for hydroxylation is 1. The fraction of sp³-hybridized carbons (Fsp3) is 0.750. The number of aromatic nitrogens is 1. The van der Waals surface area contributed by atoms with Gasteiger partial charge in [-0.15, -0.1) is 11.3 Å². The van der Waals surface area contributed by atoms with Crippen LogP contribution in [0.5, 0.6) is 0 Å². The Kier molecular flexibility index (Phi) is 4.52. The lowest BCUT2D eigenvalue weighted by atomic mass is 9.78. The summed E-state index contributed by atoms with van der Waals surface area (Å²) in [6.45, 7) is 7.86. The first kappa shape index (κ1) is 15.9. The summed E-state index contributed by atoms with van der Waals surface area (Å²) in [6, 6.07) is 0. The zero-order valence-electron chi connectivity index (χ0n) is 13.6. The van der Waals surface area contributed by atoms with Crippen LogP contribution in [0.3, 0.4) is 0 Å². The zero-order chi connectivity index (χ0) is 15.7. The van der Waals surface area contributed by atoms with Gasteiger partial charge in [-0.05, 0) is 45.1 Å². The number of ether oxygens (including phenoxy) is 1. The van der Waals surface area contributed by atoms with Crippen molar-refractivity contribution in [3.63, 3.8) is 0 Å². The highest BCUT2D eigenvalue weighted by molar-refractivity contribution is 7.13. The number of hydrogen-bond donors (Lipinski definition) is 1. The predicted octanol–water partition coefficient (Wildman–Crippen LogP) is 2.37. The van der Waals surface area contributed by atoms with E-state index >= 15 is 0 Å². The van der Waals surface area contributed by atoms with Crippen molar-refractivity contribution in [1.29, 1.82) is 0 Å². The Morgan fingerprint density at radius 3 is 2.73 bits per heavy atom. The highest BCUT2D eigenvalue weighted by atomic mass is 32.1. The molecule has 1 N–H and O–H groups in total. The third kappa shape index (κ3) is 2.92. The number of carbonyl (C=O) groups is 1. The Morgan fingerprint density at radius 1 is 1.41 bits per heavy atom. The fourth-order valence-electron chi connectivity index (χ4n) is 3.44. The van der Waals surface area contributed by atoms with Gasteiger partial charge in [0.2, 0.25) is 0 Å². The van der Waals surface area contributed by atoms with E-state index in [9.17, 15) is 4.79 Å². The minimum atomic E-state index is -0.0561. The normalized spacial score (nSPS) is 22.2. The van der Waals surface area contributed by atoms with Crippen molar-refractivity contribution in [3.8, 4) is 0 Å². The number of piperidine rings is 1. The van der Waals surface area contributed by atoms with Crippen LogP contribution in [0.4, 0.5) is 0 Å². The van der Waals surface area contributed by atoms with Gasteiger partial charge in [0, 0.05) is 26.7 Å². The lowest BCUT2D eigenvalue weighted by Gasteiger charge is -2.38. The molecule has 122 valence electrons. The Hall–Kier alpha value is -0.980. The summed E-state index contributed by atoms with van der Waals surface area (Å²) in [5.41, 5.74) is 1.27. The average Bonchev–Trinajstić information content (AvgIpc) is 3.14. The minimum Gasteiger partial charge on any atom is -0.375 e. The molecule has 1 amide bonds. The highest BCUT2D eigenvalue weighted by Crippen LogP contribution is 2.37. The second-order valence-electron chi connectivity index (χ2n) is 6.56. The molecule has 3 heterocycles. The Morgan fingerprint density at radius 2 is 2.14 bits per heavy atom. The minimum absolute atomic E-state index is 0.0561. The van der Waals surface area contributed by atoms with E-state index < -0.39 is 0 Å². The van der Waals surface area contributed by atoms with Gasteiger partial charge in [-0.1, -0.05) is 0 Å². The van der Waals surface area contributed by atoms with Gasteiger partial charge in [0.1, 0.15) is 16.0 Å². The number of thiazole rings is 1. The first-order valence-electron chi connectivity index (χ1n) is 8.05. The SMILES string of the molecule is COC(C)c1nc(C)c(C(=O)N2CCC3(CCNC3)CC2)s1.